The summed E-state index contributed by atoms with van der Waals surface area (Å²) >= 11 is 5.60. The van der Waals surface area contributed by atoms with Crippen molar-refractivity contribution < 1.29 is 9.15 Å². The number of alkyl halides is 1. The molecular formula is C14H15ClO3. The summed E-state index contributed by atoms with van der Waals surface area (Å²) in [7, 11) is 0. The van der Waals surface area contributed by atoms with Crippen molar-refractivity contribution in [3.63, 3.8) is 0 Å². The molecule has 3 nitrogen and oxygen atoms in total. The van der Waals surface area contributed by atoms with Crippen LogP contribution in [-0.2, 0) is 0 Å². The topological polar surface area (TPSA) is 39.4 Å². The zero-order chi connectivity index (χ0) is 12.8. The van der Waals surface area contributed by atoms with Gasteiger partial charge >= 0.3 is 5.63 Å². The summed E-state index contributed by atoms with van der Waals surface area (Å²) in [4.78, 5) is 11.0. The quantitative estimate of drug-likeness (QED) is 0.456. The van der Waals surface area contributed by atoms with Crippen LogP contribution in [0.25, 0.3) is 11.0 Å². The van der Waals surface area contributed by atoms with Gasteiger partial charge in [0.25, 0.3) is 0 Å². The molecule has 0 aliphatic rings. The van der Waals surface area contributed by atoms with Crippen molar-refractivity contribution in [3.05, 3.63) is 40.8 Å². The van der Waals surface area contributed by atoms with Crippen molar-refractivity contribution in [2.24, 2.45) is 0 Å². The van der Waals surface area contributed by atoms with Crippen molar-refractivity contribution in [1.82, 2.24) is 0 Å². The predicted octanol–water partition coefficient (Wildman–Crippen LogP) is 3.58. The zero-order valence-corrected chi connectivity index (χ0v) is 10.8. The van der Waals surface area contributed by atoms with Crippen molar-refractivity contribution in [1.29, 1.82) is 0 Å². The molecule has 2 rings (SSSR count). The van der Waals surface area contributed by atoms with Crippen LogP contribution >= 0.6 is 11.6 Å². The van der Waals surface area contributed by atoms with Crippen LogP contribution in [0.1, 0.15) is 19.3 Å². The number of benzene rings is 1. The van der Waals surface area contributed by atoms with Gasteiger partial charge in [-0.05, 0) is 43.5 Å². The van der Waals surface area contributed by atoms with Crippen LogP contribution in [0.15, 0.2) is 39.5 Å². The van der Waals surface area contributed by atoms with Gasteiger partial charge in [0, 0.05) is 17.3 Å². The normalized spacial score (nSPS) is 10.7. The van der Waals surface area contributed by atoms with Gasteiger partial charge in [0.15, 0.2) is 0 Å². The minimum Gasteiger partial charge on any atom is -0.494 e. The first-order valence-corrected chi connectivity index (χ1v) is 6.56. The van der Waals surface area contributed by atoms with E-state index in [4.69, 9.17) is 20.8 Å². The molecular weight excluding hydrogens is 252 g/mol. The number of ether oxygens (including phenoxy) is 1. The average molecular weight is 267 g/mol. The summed E-state index contributed by atoms with van der Waals surface area (Å²) in [5.74, 6) is 1.50. The Morgan fingerprint density at radius 3 is 2.83 bits per heavy atom. The fraction of sp³-hybridized carbons (Fsp3) is 0.357. The highest BCUT2D eigenvalue weighted by Gasteiger charge is 2.00. The first-order chi connectivity index (χ1) is 8.79. The summed E-state index contributed by atoms with van der Waals surface area (Å²) in [5, 5.41) is 0.868. The molecule has 96 valence electrons. The van der Waals surface area contributed by atoms with Crippen LogP contribution in [0, 0.1) is 0 Å². The second-order valence-corrected chi connectivity index (χ2v) is 4.43. The highest BCUT2D eigenvalue weighted by Crippen LogP contribution is 2.19. The van der Waals surface area contributed by atoms with Crippen molar-refractivity contribution in [3.8, 4) is 5.75 Å². The molecule has 0 saturated heterocycles. The highest BCUT2D eigenvalue weighted by molar-refractivity contribution is 6.17. The molecule has 0 amide bonds. The lowest BCUT2D eigenvalue weighted by molar-refractivity contribution is 0.306. The molecule has 0 fully saturated rings. The van der Waals surface area contributed by atoms with E-state index in [-0.39, 0.29) is 5.63 Å². The zero-order valence-electron chi connectivity index (χ0n) is 10.0. The monoisotopic (exact) mass is 266 g/mol. The molecule has 0 aliphatic heterocycles. The van der Waals surface area contributed by atoms with Gasteiger partial charge in [0.05, 0.1) is 6.61 Å². The molecule has 0 saturated carbocycles. The Balaban J connectivity index is 1.97. The van der Waals surface area contributed by atoms with E-state index in [9.17, 15) is 4.79 Å². The third-order valence-electron chi connectivity index (χ3n) is 2.64. The molecule has 1 aromatic heterocycles. The van der Waals surface area contributed by atoms with E-state index in [1.807, 2.05) is 12.1 Å². The Bertz CT molecular complexity index is 562. The van der Waals surface area contributed by atoms with Crippen molar-refractivity contribution >= 4 is 22.6 Å². The predicted molar refractivity (Wildman–Crippen MR) is 72.6 cm³/mol. The van der Waals surface area contributed by atoms with E-state index < -0.39 is 0 Å². The molecule has 1 aromatic carbocycles. The lowest BCUT2D eigenvalue weighted by Crippen LogP contribution is -1.98. The number of unbranched alkanes of at least 4 members (excludes halogenated alkanes) is 2. The first-order valence-electron chi connectivity index (χ1n) is 6.02. The van der Waals surface area contributed by atoms with E-state index in [0.29, 0.717) is 18.1 Å². The van der Waals surface area contributed by atoms with Gasteiger partial charge < -0.3 is 9.15 Å². The molecule has 1 heterocycles. The molecule has 0 atom stereocenters. The van der Waals surface area contributed by atoms with Crippen molar-refractivity contribution in [2.75, 3.05) is 12.5 Å². The number of hydrogen-bond donors (Lipinski definition) is 0. The number of hydrogen-bond acceptors (Lipinski definition) is 3. The third-order valence-corrected chi connectivity index (χ3v) is 2.90. The average Bonchev–Trinajstić information content (AvgIpc) is 2.38. The molecule has 0 spiro atoms. The van der Waals surface area contributed by atoms with E-state index in [2.05, 4.69) is 0 Å². The molecule has 0 unspecified atom stereocenters. The fourth-order valence-corrected chi connectivity index (χ4v) is 1.89. The SMILES string of the molecule is O=c1ccc2cc(OCCCCCCl)ccc2o1. The van der Waals surface area contributed by atoms with Gasteiger partial charge in [-0.1, -0.05) is 0 Å². The Hall–Kier alpha value is -1.48. The lowest BCUT2D eigenvalue weighted by atomic mass is 10.2. The summed E-state index contributed by atoms with van der Waals surface area (Å²) in [6.07, 6.45) is 3.09. The molecule has 0 N–H and O–H groups in total. The second-order valence-electron chi connectivity index (χ2n) is 4.05. The first kappa shape index (κ1) is 13.0. The Morgan fingerprint density at radius 1 is 1.11 bits per heavy atom. The standard InChI is InChI=1S/C14H15ClO3/c15-8-2-1-3-9-17-12-5-6-13-11(10-12)4-7-14(16)18-13/h4-7,10H,1-3,8-9H2. The minimum atomic E-state index is -0.336. The largest absolute Gasteiger partial charge is 0.494 e. The molecule has 4 heteroatoms. The maximum Gasteiger partial charge on any atom is 0.336 e. The van der Waals surface area contributed by atoms with Crippen LogP contribution in [0.5, 0.6) is 5.75 Å². The molecule has 0 aliphatic carbocycles. The van der Waals surface area contributed by atoms with E-state index in [0.717, 1.165) is 30.4 Å². The summed E-state index contributed by atoms with van der Waals surface area (Å²) in [6, 6.07) is 8.59. The van der Waals surface area contributed by atoms with Crippen LogP contribution in [0.4, 0.5) is 0 Å². The van der Waals surface area contributed by atoms with E-state index >= 15 is 0 Å². The van der Waals surface area contributed by atoms with E-state index in [1.54, 1.807) is 12.1 Å². The Morgan fingerprint density at radius 2 is 2.00 bits per heavy atom. The molecule has 2 aromatic rings. The van der Waals surface area contributed by atoms with Crippen LogP contribution in [0.2, 0.25) is 0 Å². The van der Waals surface area contributed by atoms with Gasteiger partial charge in [0.1, 0.15) is 11.3 Å². The molecule has 0 radical (unpaired) electrons. The number of fused-ring (bicyclic) bond motifs is 1. The maximum atomic E-state index is 11.0. The molecule has 0 bridgehead atoms. The number of halogens is 1. The lowest BCUT2D eigenvalue weighted by Gasteiger charge is -2.06. The smallest absolute Gasteiger partial charge is 0.336 e. The van der Waals surface area contributed by atoms with Crippen LogP contribution in [0.3, 0.4) is 0 Å². The van der Waals surface area contributed by atoms with E-state index in [1.165, 1.54) is 6.07 Å². The van der Waals surface area contributed by atoms with Gasteiger partial charge in [-0.3, -0.25) is 0 Å². The summed E-state index contributed by atoms with van der Waals surface area (Å²) < 4.78 is 10.7. The molecule has 18 heavy (non-hydrogen) atoms. The van der Waals surface area contributed by atoms with Crippen molar-refractivity contribution in [2.45, 2.75) is 19.3 Å². The third kappa shape index (κ3) is 3.50. The Labute approximate surface area is 110 Å². The highest BCUT2D eigenvalue weighted by atomic mass is 35.5. The fourth-order valence-electron chi connectivity index (χ4n) is 1.70. The van der Waals surface area contributed by atoms with Crippen LogP contribution in [-0.4, -0.2) is 12.5 Å². The van der Waals surface area contributed by atoms with Gasteiger partial charge in [-0.15, -0.1) is 11.6 Å². The Kier molecular flexibility index (Phi) is 4.65. The summed E-state index contributed by atoms with van der Waals surface area (Å²) in [6.45, 7) is 0.680. The van der Waals surface area contributed by atoms with Gasteiger partial charge in [-0.2, -0.15) is 0 Å². The number of rotatable bonds is 6. The minimum absolute atomic E-state index is 0.336. The second kappa shape index (κ2) is 6.45. The van der Waals surface area contributed by atoms with Gasteiger partial charge in [0.2, 0.25) is 0 Å². The maximum absolute atomic E-state index is 11.0. The van der Waals surface area contributed by atoms with Gasteiger partial charge in [-0.25, -0.2) is 4.79 Å². The van der Waals surface area contributed by atoms with Crippen LogP contribution < -0.4 is 10.4 Å². The summed E-state index contributed by atoms with van der Waals surface area (Å²) in [5.41, 5.74) is 0.245.